The van der Waals surface area contributed by atoms with Crippen molar-refractivity contribution in [1.29, 1.82) is 0 Å². The van der Waals surface area contributed by atoms with Crippen molar-refractivity contribution in [2.75, 3.05) is 0 Å². The molecule has 1 aliphatic heterocycles. The molecule has 0 bridgehead atoms. The van der Waals surface area contributed by atoms with Gasteiger partial charge in [0.05, 0.1) is 0 Å². The molecule has 0 radical (unpaired) electrons. The van der Waals surface area contributed by atoms with E-state index in [-0.39, 0.29) is 12.1 Å². The summed E-state index contributed by atoms with van der Waals surface area (Å²) in [6.45, 7) is 2.94. The zero-order valence-corrected chi connectivity index (χ0v) is 16.8. The Morgan fingerprint density at radius 1 is 0.828 bits per heavy atom. The number of aryl methyl sites for hydroxylation is 1. The molecule has 0 aromatic heterocycles. The Hall–Kier alpha value is -2.88. The molecule has 148 valence electrons. The van der Waals surface area contributed by atoms with E-state index in [1.54, 1.807) is 0 Å². The normalized spacial score (nSPS) is 16.9. The van der Waals surface area contributed by atoms with E-state index in [0.717, 1.165) is 25.1 Å². The Kier molecular flexibility index (Phi) is 6.40. The molecule has 0 saturated heterocycles. The van der Waals surface area contributed by atoms with Crippen LogP contribution in [-0.2, 0) is 24.2 Å². The van der Waals surface area contributed by atoms with Crippen LogP contribution in [0.25, 0.3) is 0 Å². The summed E-state index contributed by atoms with van der Waals surface area (Å²) in [4.78, 5) is 5.97. The second kappa shape index (κ2) is 9.55. The maximum absolute atomic E-state index is 5.97. The fraction of sp³-hybridized carbons (Fsp3) is 0.231. The minimum Gasteiger partial charge on any atom is -0.307 e. The number of rotatable bonds is 8. The predicted octanol–water partition coefficient (Wildman–Crippen LogP) is 4.73. The topological polar surface area (TPSA) is 33.3 Å². The smallest absolute Gasteiger partial charge is 0.121 e. The highest BCUT2D eigenvalue weighted by atomic mass is 16.7. The summed E-state index contributed by atoms with van der Waals surface area (Å²) in [5, 5.41) is 3.72. The highest BCUT2D eigenvalue weighted by Crippen LogP contribution is 2.18. The van der Waals surface area contributed by atoms with Gasteiger partial charge in [-0.3, -0.25) is 10.3 Å². The molecule has 3 aromatic rings. The third kappa shape index (κ3) is 5.57. The molecule has 3 heteroatoms. The molecule has 1 heterocycles. The van der Waals surface area contributed by atoms with Crippen LogP contribution < -0.4 is 10.8 Å². The number of hydrogen-bond donors (Lipinski definition) is 2. The van der Waals surface area contributed by atoms with E-state index in [2.05, 4.69) is 103 Å². The van der Waals surface area contributed by atoms with Crippen LogP contribution in [0.3, 0.4) is 0 Å². The van der Waals surface area contributed by atoms with Gasteiger partial charge < -0.3 is 5.32 Å². The average molecular weight is 385 g/mol. The van der Waals surface area contributed by atoms with Gasteiger partial charge in [0.15, 0.2) is 0 Å². The van der Waals surface area contributed by atoms with Gasteiger partial charge in [0, 0.05) is 24.7 Å². The quantitative estimate of drug-likeness (QED) is 0.589. The van der Waals surface area contributed by atoms with E-state index in [0.29, 0.717) is 0 Å². The summed E-state index contributed by atoms with van der Waals surface area (Å²) in [6.07, 6.45) is 3.98. The molecular formula is C26H28N2O. The molecule has 4 rings (SSSR count). The van der Waals surface area contributed by atoms with Gasteiger partial charge in [0.25, 0.3) is 0 Å². The van der Waals surface area contributed by atoms with Crippen molar-refractivity contribution in [3.8, 4) is 0 Å². The van der Waals surface area contributed by atoms with E-state index >= 15 is 0 Å². The van der Waals surface area contributed by atoms with Crippen LogP contribution in [0.1, 0.15) is 22.3 Å². The Morgan fingerprint density at radius 2 is 1.48 bits per heavy atom. The number of hydrogen-bond acceptors (Lipinski definition) is 3. The van der Waals surface area contributed by atoms with Crippen molar-refractivity contribution in [3.05, 3.63) is 119 Å². The van der Waals surface area contributed by atoms with Crippen molar-refractivity contribution in [1.82, 2.24) is 10.8 Å². The summed E-state index contributed by atoms with van der Waals surface area (Å²) in [6, 6.07) is 30.0. The first-order valence-electron chi connectivity index (χ1n) is 10.3. The zero-order valence-electron chi connectivity index (χ0n) is 16.8. The fourth-order valence-electron chi connectivity index (χ4n) is 3.65. The van der Waals surface area contributed by atoms with Crippen LogP contribution in [-0.4, -0.2) is 12.1 Å². The van der Waals surface area contributed by atoms with E-state index < -0.39 is 0 Å². The standard InChI is InChI=1S/C26H28N2O/c1-20-12-14-23(15-13-20)19-27-25(17-22-10-6-3-7-11-22)26-18-24(28-29-26)16-21-8-4-2-5-9-21/h2-15,18,25-28H,16-17,19H2,1H3. The van der Waals surface area contributed by atoms with Crippen LogP contribution in [0.2, 0.25) is 0 Å². The Labute approximate surface area is 173 Å². The maximum Gasteiger partial charge on any atom is 0.121 e. The minimum absolute atomic E-state index is 0.0145. The first-order valence-corrected chi connectivity index (χ1v) is 10.3. The molecule has 0 fully saturated rings. The lowest BCUT2D eigenvalue weighted by Gasteiger charge is -2.23. The lowest BCUT2D eigenvalue weighted by Crippen LogP contribution is -2.41. The van der Waals surface area contributed by atoms with Crippen LogP contribution in [0.4, 0.5) is 0 Å². The van der Waals surface area contributed by atoms with Crippen LogP contribution in [0.5, 0.6) is 0 Å². The second-order valence-corrected chi connectivity index (χ2v) is 7.70. The zero-order chi connectivity index (χ0) is 19.9. The van der Waals surface area contributed by atoms with Crippen LogP contribution in [0, 0.1) is 6.92 Å². The third-order valence-corrected chi connectivity index (χ3v) is 5.31. The van der Waals surface area contributed by atoms with Crippen molar-refractivity contribution in [2.45, 2.75) is 38.5 Å². The van der Waals surface area contributed by atoms with Gasteiger partial charge in [0.1, 0.15) is 6.10 Å². The van der Waals surface area contributed by atoms with Crippen molar-refractivity contribution < 1.29 is 4.84 Å². The lowest BCUT2D eigenvalue weighted by molar-refractivity contribution is 0.0200. The fourth-order valence-corrected chi connectivity index (χ4v) is 3.65. The molecule has 0 saturated carbocycles. The van der Waals surface area contributed by atoms with Gasteiger partial charge in [-0.05, 0) is 36.1 Å². The molecule has 2 atom stereocenters. The molecule has 2 unspecified atom stereocenters. The molecule has 3 aromatic carbocycles. The number of hydroxylamine groups is 1. The minimum atomic E-state index is -0.0145. The molecule has 0 aliphatic carbocycles. The molecule has 29 heavy (non-hydrogen) atoms. The lowest BCUT2D eigenvalue weighted by atomic mass is 9.99. The number of nitrogens with one attached hydrogen (secondary N) is 2. The van der Waals surface area contributed by atoms with Crippen LogP contribution in [0.15, 0.2) is 96.7 Å². The summed E-state index contributed by atoms with van der Waals surface area (Å²) in [5.41, 5.74) is 9.43. The Morgan fingerprint density at radius 3 is 2.17 bits per heavy atom. The largest absolute Gasteiger partial charge is 0.307 e. The SMILES string of the molecule is Cc1ccc(CNC(Cc2ccccc2)C2C=C(Cc3ccccc3)NO2)cc1. The Bertz CT molecular complexity index is 920. The van der Waals surface area contributed by atoms with E-state index in [1.165, 1.54) is 22.3 Å². The van der Waals surface area contributed by atoms with Gasteiger partial charge >= 0.3 is 0 Å². The van der Waals surface area contributed by atoms with Gasteiger partial charge in [0.2, 0.25) is 0 Å². The molecular weight excluding hydrogens is 356 g/mol. The van der Waals surface area contributed by atoms with Crippen molar-refractivity contribution in [2.24, 2.45) is 0 Å². The monoisotopic (exact) mass is 384 g/mol. The van der Waals surface area contributed by atoms with Crippen molar-refractivity contribution >= 4 is 0 Å². The molecule has 1 aliphatic rings. The Balaban J connectivity index is 1.46. The van der Waals surface area contributed by atoms with Gasteiger partial charge in [-0.25, -0.2) is 0 Å². The average Bonchev–Trinajstić information content (AvgIpc) is 3.22. The third-order valence-electron chi connectivity index (χ3n) is 5.31. The molecule has 0 spiro atoms. The first-order chi connectivity index (χ1) is 14.3. The van der Waals surface area contributed by atoms with E-state index in [1.807, 2.05) is 6.07 Å². The highest BCUT2D eigenvalue weighted by molar-refractivity contribution is 5.25. The van der Waals surface area contributed by atoms with Gasteiger partial charge in [-0.15, -0.1) is 0 Å². The summed E-state index contributed by atoms with van der Waals surface area (Å²) >= 11 is 0. The summed E-state index contributed by atoms with van der Waals surface area (Å²) in [7, 11) is 0. The number of benzene rings is 3. The highest BCUT2D eigenvalue weighted by Gasteiger charge is 2.26. The molecule has 2 N–H and O–H groups in total. The maximum atomic E-state index is 5.97. The number of allylic oxidation sites excluding steroid dienone is 1. The van der Waals surface area contributed by atoms with E-state index in [9.17, 15) is 0 Å². The van der Waals surface area contributed by atoms with Crippen LogP contribution >= 0.6 is 0 Å². The van der Waals surface area contributed by atoms with E-state index in [4.69, 9.17) is 4.84 Å². The summed E-state index contributed by atoms with van der Waals surface area (Å²) in [5.74, 6) is 0. The van der Waals surface area contributed by atoms with Gasteiger partial charge in [-0.2, -0.15) is 0 Å². The molecule has 0 amide bonds. The second-order valence-electron chi connectivity index (χ2n) is 7.70. The van der Waals surface area contributed by atoms with Gasteiger partial charge in [-0.1, -0.05) is 90.5 Å². The summed E-state index contributed by atoms with van der Waals surface area (Å²) < 4.78 is 0. The first kappa shape index (κ1) is 19.4. The predicted molar refractivity (Wildman–Crippen MR) is 118 cm³/mol. The molecule has 3 nitrogen and oxygen atoms in total. The van der Waals surface area contributed by atoms with Crippen molar-refractivity contribution in [3.63, 3.8) is 0 Å².